The zero-order valence-electron chi connectivity index (χ0n) is 12.1. The molecule has 0 aliphatic carbocycles. The van der Waals surface area contributed by atoms with Crippen molar-refractivity contribution in [3.05, 3.63) is 42.4 Å². The van der Waals surface area contributed by atoms with Crippen LogP contribution >= 0.6 is 0 Å². The Bertz CT molecular complexity index is 616. The number of hydrogen-bond acceptors (Lipinski definition) is 5. The SMILES string of the molecule is CCCNc1cc(C(=O)Nc2cccc(OC)c2)ncn1. The van der Waals surface area contributed by atoms with E-state index in [1.165, 1.54) is 6.33 Å². The van der Waals surface area contributed by atoms with E-state index in [4.69, 9.17) is 4.74 Å². The number of aromatic nitrogens is 2. The van der Waals surface area contributed by atoms with Gasteiger partial charge in [0.2, 0.25) is 0 Å². The molecular weight excluding hydrogens is 268 g/mol. The van der Waals surface area contributed by atoms with Gasteiger partial charge in [0, 0.05) is 24.4 Å². The Morgan fingerprint density at radius 1 is 1.29 bits per heavy atom. The number of hydrogen-bond donors (Lipinski definition) is 2. The summed E-state index contributed by atoms with van der Waals surface area (Å²) in [6, 6.07) is 8.79. The molecule has 21 heavy (non-hydrogen) atoms. The summed E-state index contributed by atoms with van der Waals surface area (Å²) in [5, 5.41) is 5.90. The van der Waals surface area contributed by atoms with E-state index in [9.17, 15) is 4.79 Å². The summed E-state index contributed by atoms with van der Waals surface area (Å²) >= 11 is 0. The Morgan fingerprint density at radius 3 is 2.90 bits per heavy atom. The summed E-state index contributed by atoms with van der Waals surface area (Å²) in [6.45, 7) is 2.86. The number of nitrogens with zero attached hydrogens (tertiary/aromatic N) is 2. The molecule has 6 nitrogen and oxygen atoms in total. The van der Waals surface area contributed by atoms with Crippen LogP contribution in [0.15, 0.2) is 36.7 Å². The van der Waals surface area contributed by atoms with Gasteiger partial charge in [-0.05, 0) is 18.6 Å². The van der Waals surface area contributed by atoms with E-state index in [0.717, 1.165) is 13.0 Å². The predicted molar refractivity (Wildman–Crippen MR) is 81.8 cm³/mol. The molecule has 0 saturated carbocycles. The molecule has 0 bridgehead atoms. The molecule has 6 heteroatoms. The molecule has 2 N–H and O–H groups in total. The van der Waals surface area contributed by atoms with E-state index in [1.807, 2.05) is 12.1 Å². The number of anilines is 2. The van der Waals surface area contributed by atoms with Crippen molar-refractivity contribution < 1.29 is 9.53 Å². The highest BCUT2D eigenvalue weighted by molar-refractivity contribution is 6.03. The average Bonchev–Trinajstić information content (AvgIpc) is 2.53. The largest absolute Gasteiger partial charge is 0.497 e. The molecule has 0 aliphatic rings. The zero-order valence-corrected chi connectivity index (χ0v) is 12.1. The number of ether oxygens (including phenoxy) is 1. The van der Waals surface area contributed by atoms with Crippen molar-refractivity contribution in [3.63, 3.8) is 0 Å². The third-order valence-electron chi connectivity index (χ3n) is 2.78. The fourth-order valence-electron chi connectivity index (χ4n) is 1.73. The molecule has 0 spiro atoms. The molecule has 1 amide bonds. The van der Waals surface area contributed by atoms with Gasteiger partial charge in [0.25, 0.3) is 5.91 Å². The molecule has 0 fully saturated rings. The van der Waals surface area contributed by atoms with Gasteiger partial charge < -0.3 is 15.4 Å². The third-order valence-corrected chi connectivity index (χ3v) is 2.78. The van der Waals surface area contributed by atoms with Crippen molar-refractivity contribution in [2.75, 3.05) is 24.3 Å². The Balaban J connectivity index is 2.08. The van der Waals surface area contributed by atoms with Crippen LogP contribution in [0.5, 0.6) is 5.75 Å². The standard InChI is InChI=1S/C15H18N4O2/c1-3-7-16-14-9-13(17-10-18-14)15(20)19-11-5-4-6-12(8-11)21-2/h4-6,8-10H,3,7H2,1-2H3,(H,19,20)(H,16,17,18). The molecule has 110 valence electrons. The van der Waals surface area contributed by atoms with Crippen LogP contribution in [0.4, 0.5) is 11.5 Å². The van der Waals surface area contributed by atoms with E-state index in [1.54, 1.807) is 25.3 Å². The third kappa shape index (κ3) is 4.17. The van der Waals surface area contributed by atoms with Crippen LogP contribution < -0.4 is 15.4 Å². The van der Waals surface area contributed by atoms with Crippen molar-refractivity contribution in [3.8, 4) is 5.75 Å². The first-order valence-electron chi connectivity index (χ1n) is 6.74. The zero-order chi connectivity index (χ0) is 15.1. The highest BCUT2D eigenvalue weighted by Gasteiger charge is 2.09. The van der Waals surface area contributed by atoms with E-state index in [-0.39, 0.29) is 5.91 Å². The van der Waals surface area contributed by atoms with Gasteiger partial charge in [0.1, 0.15) is 23.6 Å². The average molecular weight is 286 g/mol. The lowest BCUT2D eigenvalue weighted by atomic mass is 10.3. The highest BCUT2D eigenvalue weighted by Crippen LogP contribution is 2.17. The van der Waals surface area contributed by atoms with Gasteiger partial charge in [-0.3, -0.25) is 4.79 Å². The number of carbonyl (C=O) groups excluding carboxylic acids is 1. The Morgan fingerprint density at radius 2 is 2.14 bits per heavy atom. The molecule has 0 unspecified atom stereocenters. The van der Waals surface area contributed by atoms with Crippen molar-refractivity contribution >= 4 is 17.4 Å². The van der Waals surface area contributed by atoms with Crippen molar-refractivity contribution in [1.82, 2.24) is 9.97 Å². The first-order valence-corrected chi connectivity index (χ1v) is 6.74. The molecule has 1 heterocycles. The molecule has 0 radical (unpaired) electrons. The van der Waals surface area contributed by atoms with E-state index < -0.39 is 0 Å². The van der Waals surface area contributed by atoms with Crippen LogP contribution in [0, 0.1) is 0 Å². The van der Waals surface area contributed by atoms with E-state index in [0.29, 0.717) is 22.9 Å². The van der Waals surface area contributed by atoms with E-state index >= 15 is 0 Å². The number of benzene rings is 1. The van der Waals surface area contributed by atoms with Gasteiger partial charge in [0.05, 0.1) is 7.11 Å². The monoisotopic (exact) mass is 286 g/mol. The molecule has 1 aromatic heterocycles. The van der Waals surface area contributed by atoms with Crippen LogP contribution in [-0.2, 0) is 0 Å². The fourth-order valence-corrected chi connectivity index (χ4v) is 1.73. The summed E-state index contributed by atoms with van der Waals surface area (Å²) in [6.07, 6.45) is 2.35. The molecule has 2 aromatic rings. The number of carbonyl (C=O) groups is 1. The minimum absolute atomic E-state index is 0.287. The van der Waals surface area contributed by atoms with E-state index in [2.05, 4.69) is 27.5 Å². The molecular formula is C15H18N4O2. The van der Waals surface area contributed by atoms with Crippen LogP contribution in [-0.4, -0.2) is 29.5 Å². The summed E-state index contributed by atoms with van der Waals surface area (Å²) in [5.41, 5.74) is 0.965. The Kier molecular flexibility index (Phi) is 5.09. The van der Waals surface area contributed by atoms with Crippen LogP contribution in [0.25, 0.3) is 0 Å². The summed E-state index contributed by atoms with van der Waals surface area (Å²) in [7, 11) is 1.58. The molecule has 0 aliphatic heterocycles. The summed E-state index contributed by atoms with van der Waals surface area (Å²) in [5.74, 6) is 1.04. The lowest BCUT2D eigenvalue weighted by Crippen LogP contribution is -2.14. The van der Waals surface area contributed by atoms with Gasteiger partial charge in [-0.15, -0.1) is 0 Å². The number of amides is 1. The Hall–Kier alpha value is -2.63. The second-order valence-corrected chi connectivity index (χ2v) is 4.40. The smallest absolute Gasteiger partial charge is 0.274 e. The summed E-state index contributed by atoms with van der Waals surface area (Å²) < 4.78 is 5.12. The number of rotatable bonds is 6. The van der Waals surface area contributed by atoms with Crippen LogP contribution in [0.3, 0.4) is 0 Å². The quantitative estimate of drug-likeness (QED) is 0.853. The van der Waals surface area contributed by atoms with Gasteiger partial charge in [0.15, 0.2) is 0 Å². The lowest BCUT2D eigenvalue weighted by molar-refractivity contribution is 0.102. The first kappa shape index (κ1) is 14.8. The van der Waals surface area contributed by atoms with Crippen LogP contribution in [0.2, 0.25) is 0 Å². The molecule has 1 aromatic carbocycles. The second-order valence-electron chi connectivity index (χ2n) is 4.40. The predicted octanol–water partition coefficient (Wildman–Crippen LogP) is 2.56. The molecule has 2 rings (SSSR count). The topological polar surface area (TPSA) is 76.1 Å². The first-order chi connectivity index (χ1) is 10.2. The number of methoxy groups -OCH3 is 1. The normalized spacial score (nSPS) is 10.0. The van der Waals surface area contributed by atoms with Gasteiger partial charge >= 0.3 is 0 Å². The maximum absolute atomic E-state index is 12.2. The minimum atomic E-state index is -0.287. The fraction of sp³-hybridized carbons (Fsp3) is 0.267. The number of nitrogens with one attached hydrogen (secondary N) is 2. The van der Waals surface area contributed by atoms with Crippen molar-refractivity contribution in [2.45, 2.75) is 13.3 Å². The van der Waals surface area contributed by atoms with Crippen LogP contribution in [0.1, 0.15) is 23.8 Å². The lowest BCUT2D eigenvalue weighted by Gasteiger charge is -2.08. The minimum Gasteiger partial charge on any atom is -0.497 e. The van der Waals surface area contributed by atoms with Crippen molar-refractivity contribution in [2.24, 2.45) is 0 Å². The highest BCUT2D eigenvalue weighted by atomic mass is 16.5. The van der Waals surface area contributed by atoms with Crippen molar-refractivity contribution in [1.29, 1.82) is 0 Å². The van der Waals surface area contributed by atoms with Gasteiger partial charge in [-0.25, -0.2) is 9.97 Å². The Labute approximate surface area is 123 Å². The summed E-state index contributed by atoms with van der Waals surface area (Å²) in [4.78, 5) is 20.2. The molecule has 0 atom stereocenters. The van der Waals surface area contributed by atoms with Gasteiger partial charge in [-0.1, -0.05) is 13.0 Å². The maximum atomic E-state index is 12.2. The molecule has 0 saturated heterocycles. The maximum Gasteiger partial charge on any atom is 0.274 e. The van der Waals surface area contributed by atoms with Gasteiger partial charge in [-0.2, -0.15) is 0 Å². The second kappa shape index (κ2) is 7.23.